The first-order chi connectivity index (χ1) is 8.58. The van der Waals surface area contributed by atoms with Gasteiger partial charge in [0.05, 0.1) is 0 Å². The second-order valence-corrected chi connectivity index (χ2v) is 5.15. The SMILES string of the molecule is CC(c1ccc(O)cc1O)N(C)CC1CCCN1. The molecule has 0 spiro atoms. The minimum atomic E-state index is 0.101. The lowest BCUT2D eigenvalue weighted by Crippen LogP contribution is -2.36. The molecule has 1 fully saturated rings. The van der Waals surface area contributed by atoms with Gasteiger partial charge in [-0.3, -0.25) is 4.90 Å². The highest BCUT2D eigenvalue weighted by molar-refractivity contribution is 5.40. The molecule has 4 heteroatoms. The van der Waals surface area contributed by atoms with Crippen LogP contribution in [0.25, 0.3) is 0 Å². The fraction of sp³-hybridized carbons (Fsp3) is 0.571. The second kappa shape index (κ2) is 5.59. The monoisotopic (exact) mass is 250 g/mol. The number of hydrogen-bond donors (Lipinski definition) is 3. The van der Waals surface area contributed by atoms with Crippen LogP contribution >= 0.6 is 0 Å². The number of hydrogen-bond acceptors (Lipinski definition) is 4. The van der Waals surface area contributed by atoms with Gasteiger partial charge in [0.25, 0.3) is 0 Å². The number of nitrogens with one attached hydrogen (secondary N) is 1. The molecule has 18 heavy (non-hydrogen) atoms. The van der Waals surface area contributed by atoms with Crippen LogP contribution in [-0.4, -0.2) is 41.3 Å². The number of rotatable bonds is 4. The molecular weight excluding hydrogens is 228 g/mol. The van der Waals surface area contributed by atoms with Crippen LogP contribution in [0.4, 0.5) is 0 Å². The summed E-state index contributed by atoms with van der Waals surface area (Å²) in [5, 5.41) is 22.6. The molecule has 2 atom stereocenters. The Morgan fingerprint density at radius 1 is 1.44 bits per heavy atom. The molecule has 0 bridgehead atoms. The van der Waals surface area contributed by atoms with Crippen LogP contribution in [0.5, 0.6) is 11.5 Å². The Morgan fingerprint density at radius 3 is 2.83 bits per heavy atom. The zero-order valence-electron chi connectivity index (χ0n) is 11.1. The summed E-state index contributed by atoms with van der Waals surface area (Å²) in [7, 11) is 2.07. The number of phenols is 2. The Hall–Kier alpha value is -1.26. The van der Waals surface area contributed by atoms with Gasteiger partial charge in [-0.1, -0.05) is 6.07 Å². The number of likely N-dealkylation sites (N-methyl/N-ethyl adjacent to an activating group) is 1. The molecule has 1 aliphatic rings. The van der Waals surface area contributed by atoms with Gasteiger partial charge >= 0.3 is 0 Å². The van der Waals surface area contributed by atoms with Crippen LogP contribution in [0, 0.1) is 0 Å². The predicted molar refractivity (Wildman–Crippen MR) is 71.8 cm³/mol. The van der Waals surface area contributed by atoms with Gasteiger partial charge in [0.1, 0.15) is 11.5 Å². The van der Waals surface area contributed by atoms with Gasteiger partial charge < -0.3 is 15.5 Å². The summed E-state index contributed by atoms with van der Waals surface area (Å²) in [5.41, 5.74) is 0.855. The van der Waals surface area contributed by atoms with E-state index in [1.807, 2.05) is 0 Å². The summed E-state index contributed by atoms with van der Waals surface area (Å²) >= 11 is 0. The van der Waals surface area contributed by atoms with Crippen molar-refractivity contribution >= 4 is 0 Å². The molecule has 4 nitrogen and oxygen atoms in total. The highest BCUT2D eigenvalue weighted by Gasteiger charge is 2.21. The summed E-state index contributed by atoms with van der Waals surface area (Å²) in [6.45, 7) is 4.15. The highest BCUT2D eigenvalue weighted by atomic mass is 16.3. The van der Waals surface area contributed by atoms with Gasteiger partial charge in [0.15, 0.2) is 0 Å². The summed E-state index contributed by atoms with van der Waals surface area (Å²) in [6, 6.07) is 5.49. The Morgan fingerprint density at radius 2 is 2.22 bits per heavy atom. The third kappa shape index (κ3) is 2.94. The van der Waals surface area contributed by atoms with Crippen molar-refractivity contribution in [1.82, 2.24) is 10.2 Å². The maximum atomic E-state index is 9.87. The molecule has 100 valence electrons. The van der Waals surface area contributed by atoms with E-state index in [0.717, 1.165) is 18.7 Å². The van der Waals surface area contributed by atoms with E-state index >= 15 is 0 Å². The lowest BCUT2D eigenvalue weighted by Gasteiger charge is -2.28. The summed E-state index contributed by atoms with van der Waals surface area (Å²) in [4.78, 5) is 2.23. The smallest absolute Gasteiger partial charge is 0.124 e. The van der Waals surface area contributed by atoms with Crippen molar-refractivity contribution in [2.24, 2.45) is 0 Å². The zero-order valence-corrected chi connectivity index (χ0v) is 11.1. The first-order valence-electron chi connectivity index (χ1n) is 6.53. The Labute approximate surface area is 108 Å². The van der Waals surface area contributed by atoms with E-state index in [2.05, 4.69) is 24.2 Å². The fourth-order valence-electron chi connectivity index (χ4n) is 2.54. The standard InChI is InChI=1S/C14H22N2O2/c1-10(13-6-5-12(17)8-14(13)18)16(2)9-11-4-3-7-15-11/h5-6,8,10-11,15,17-18H,3-4,7,9H2,1-2H3. The molecule has 1 heterocycles. The molecule has 1 aromatic rings. The van der Waals surface area contributed by atoms with E-state index in [9.17, 15) is 10.2 Å². The normalized spacial score (nSPS) is 21.4. The predicted octanol–water partition coefficient (Wildman–Crippen LogP) is 1.84. The molecule has 0 radical (unpaired) electrons. The summed E-state index contributed by atoms with van der Waals surface area (Å²) in [6.07, 6.45) is 2.47. The van der Waals surface area contributed by atoms with Gasteiger partial charge in [0, 0.05) is 30.3 Å². The van der Waals surface area contributed by atoms with Crippen LogP contribution < -0.4 is 5.32 Å². The molecule has 1 aliphatic heterocycles. The van der Waals surface area contributed by atoms with E-state index in [0.29, 0.717) is 6.04 Å². The molecule has 0 aliphatic carbocycles. The average molecular weight is 250 g/mol. The van der Waals surface area contributed by atoms with E-state index in [1.165, 1.54) is 18.9 Å². The lowest BCUT2D eigenvalue weighted by atomic mass is 10.0. The number of benzene rings is 1. The van der Waals surface area contributed by atoms with Gasteiger partial charge in [-0.15, -0.1) is 0 Å². The summed E-state index contributed by atoms with van der Waals surface area (Å²) < 4.78 is 0. The maximum Gasteiger partial charge on any atom is 0.124 e. The molecule has 0 saturated carbocycles. The Balaban J connectivity index is 2.02. The van der Waals surface area contributed by atoms with E-state index in [4.69, 9.17) is 0 Å². The topological polar surface area (TPSA) is 55.7 Å². The van der Waals surface area contributed by atoms with Crippen molar-refractivity contribution in [3.63, 3.8) is 0 Å². The van der Waals surface area contributed by atoms with Gasteiger partial charge in [-0.25, -0.2) is 0 Å². The fourth-order valence-corrected chi connectivity index (χ4v) is 2.54. The van der Waals surface area contributed by atoms with E-state index in [-0.39, 0.29) is 17.5 Å². The third-order valence-electron chi connectivity index (χ3n) is 3.80. The first-order valence-corrected chi connectivity index (χ1v) is 6.53. The van der Waals surface area contributed by atoms with Crippen molar-refractivity contribution in [1.29, 1.82) is 0 Å². The minimum absolute atomic E-state index is 0.101. The van der Waals surface area contributed by atoms with Crippen LogP contribution in [0.2, 0.25) is 0 Å². The number of nitrogens with zero attached hydrogens (tertiary/aromatic N) is 1. The third-order valence-corrected chi connectivity index (χ3v) is 3.80. The van der Waals surface area contributed by atoms with Gasteiger partial charge in [0.2, 0.25) is 0 Å². The summed E-state index contributed by atoms with van der Waals surface area (Å²) in [5.74, 6) is 0.261. The first kappa shape index (κ1) is 13.2. The van der Waals surface area contributed by atoms with Gasteiger partial charge in [-0.2, -0.15) is 0 Å². The van der Waals surface area contributed by atoms with Crippen molar-refractivity contribution in [3.8, 4) is 11.5 Å². The molecular formula is C14H22N2O2. The van der Waals surface area contributed by atoms with Crippen molar-refractivity contribution in [2.45, 2.75) is 31.8 Å². The lowest BCUT2D eigenvalue weighted by molar-refractivity contribution is 0.234. The van der Waals surface area contributed by atoms with Crippen molar-refractivity contribution in [3.05, 3.63) is 23.8 Å². The average Bonchev–Trinajstić information content (AvgIpc) is 2.81. The largest absolute Gasteiger partial charge is 0.508 e. The molecule has 2 unspecified atom stereocenters. The number of phenolic OH excluding ortho intramolecular Hbond substituents is 2. The molecule has 0 aromatic heterocycles. The molecule has 3 N–H and O–H groups in total. The Bertz CT molecular complexity index is 403. The van der Waals surface area contributed by atoms with Crippen molar-refractivity contribution in [2.75, 3.05) is 20.1 Å². The van der Waals surface area contributed by atoms with E-state index < -0.39 is 0 Å². The molecule has 2 rings (SSSR count). The highest BCUT2D eigenvalue weighted by Crippen LogP contribution is 2.30. The van der Waals surface area contributed by atoms with Crippen LogP contribution in [0.3, 0.4) is 0 Å². The van der Waals surface area contributed by atoms with Crippen LogP contribution in [0.1, 0.15) is 31.4 Å². The van der Waals surface area contributed by atoms with E-state index in [1.54, 1.807) is 12.1 Å². The zero-order chi connectivity index (χ0) is 13.1. The second-order valence-electron chi connectivity index (χ2n) is 5.15. The number of aromatic hydroxyl groups is 2. The Kier molecular flexibility index (Phi) is 4.09. The van der Waals surface area contributed by atoms with Crippen molar-refractivity contribution < 1.29 is 10.2 Å². The maximum absolute atomic E-state index is 9.87. The molecule has 0 amide bonds. The molecule has 1 saturated heterocycles. The van der Waals surface area contributed by atoms with Crippen LogP contribution in [-0.2, 0) is 0 Å². The van der Waals surface area contributed by atoms with Gasteiger partial charge in [-0.05, 0) is 39.4 Å². The molecule has 1 aromatic carbocycles. The van der Waals surface area contributed by atoms with Crippen LogP contribution in [0.15, 0.2) is 18.2 Å². The minimum Gasteiger partial charge on any atom is -0.508 e. The quantitative estimate of drug-likeness (QED) is 0.763.